The van der Waals surface area contributed by atoms with E-state index in [2.05, 4.69) is 0 Å². The highest BCUT2D eigenvalue weighted by Crippen LogP contribution is 2.32. The molecule has 1 aromatic rings. The quantitative estimate of drug-likeness (QED) is 0.445. The number of thioether (sulfide) groups is 1. The van der Waals surface area contributed by atoms with Gasteiger partial charge in [0.1, 0.15) is 0 Å². The molecular formula is C8H6BF6S-. The lowest BCUT2D eigenvalue weighted by Gasteiger charge is -2.13. The molecule has 0 N–H and O–H groups in total. The molecule has 1 aromatic carbocycles. The van der Waals surface area contributed by atoms with E-state index in [1.165, 1.54) is 6.07 Å². The van der Waals surface area contributed by atoms with E-state index in [0.29, 0.717) is 17.8 Å². The molecule has 0 atom stereocenters. The third kappa shape index (κ3) is 4.38. The summed E-state index contributed by atoms with van der Waals surface area (Å²) in [5, 5.41) is 0. The molecule has 0 saturated heterocycles. The predicted octanol–water partition coefficient (Wildman–Crippen LogP) is 4.18. The average Bonchev–Trinajstić information content (AvgIpc) is 2.13. The van der Waals surface area contributed by atoms with Crippen LogP contribution in [-0.2, 0) is 6.18 Å². The Balaban J connectivity index is 2.76. The molecule has 0 amide bonds. The summed E-state index contributed by atoms with van der Waals surface area (Å²) in [6, 6.07) is 3.85. The van der Waals surface area contributed by atoms with Crippen LogP contribution in [0, 0.1) is 0 Å². The minimum atomic E-state index is -4.99. The van der Waals surface area contributed by atoms with Gasteiger partial charge in [0.15, 0.2) is 0 Å². The second-order valence-corrected chi connectivity index (χ2v) is 4.14. The lowest BCUT2D eigenvalue weighted by Crippen LogP contribution is -2.18. The summed E-state index contributed by atoms with van der Waals surface area (Å²) in [6.07, 6.45) is -4.53. The van der Waals surface area contributed by atoms with Crippen molar-refractivity contribution in [1.29, 1.82) is 0 Å². The van der Waals surface area contributed by atoms with Crippen molar-refractivity contribution in [2.24, 2.45) is 0 Å². The summed E-state index contributed by atoms with van der Waals surface area (Å²) in [7, 11) is 0. The molecular weight excluding hydrogens is 253 g/mol. The first-order valence-corrected chi connectivity index (χ1v) is 5.18. The molecule has 0 radical (unpaired) electrons. The van der Waals surface area contributed by atoms with Gasteiger partial charge in [0.2, 0.25) is 0 Å². The third-order valence-corrected chi connectivity index (χ3v) is 2.73. The number of hydrogen-bond donors (Lipinski definition) is 0. The largest absolute Gasteiger partial charge is 0.488 e. The molecule has 0 aliphatic rings. The second-order valence-electron chi connectivity index (χ2n) is 3.05. The van der Waals surface area contributed by atoms with Crippen LogP contribution in [0.2, 0.25) is 0 Å². The highest BCUT2D eigenvalue weighted by Gasteiger charge is 2.30. The zero-order valence-corrected chi connectivity index (χ0v) is 8.59. The molecule has 0 aliphatic heterocycles. The van der Waals surface area contributed by atoms with Crippen molar-refractivity contribution in [2.75, 3.05) is 5.65 Å². The number of halogens is 6. The Bertz CT molecular complexity index is 358. The molecule has 8 heteroatoms. The topological polar surface area (TPSA) is 0 Å². The summed E-state index contributed by atoms with van der Waals surface area (Å²) in [5.74, 6) is 0. The number of hydrogen-bond acceptors (Lipinski definition) is 1. The van der Waals surface area contributed by atoms with Crippen LogP contribution < -0.4 is 0 Å². The van der Waals surface area contributed by atoms with Gasteiger partial charge in [-0.1, -0.05) is 6.07 Å². The zero-order chi connectivity index (χ0) is 12.4. The molecule has 0 heterocycles. The molecule has 0 bridgehead atoms. The van der Waals surface area contributed by atoms with Crippen molar-refractivity contribution >= 4 is 18.7 Å². The van der Waals surface area contributed by atoms with Gasteiger partial charge in [-0.3, -0.25) is 0 Å². The first kappa shape index (κ1) is 13.3. The summed E-state index contributed by atoms with van der Waals surface area (Å²) < 4.78 is 72.3. The van der Waals surface area contributed by atoms with E-state index in [1.807, 2.05) is 0 Å². The van der Waals surface area contributed by atoms with E-state index < -0.39 is 24.4 Å². The Morgan fingerprint density at radius 2 is 1.75 bits per heavy atom. The Kier molecular flexibility index (Phi) is 3.82. The van der Waals surface area contributed by atoms with E-state index in [9.17, 15) is 26.1 Å². The van der Waals surface area contributed by atoms with Gasteiger partial charge in [0.25, 0.3) is 0 Å². The molecule has 0 aliphatic carbocycles. The summed E-state index contributed by atoms with van der Waals surface area (Å²) in [4.78, 5) is -0.0333. The first-order chi connectivity index (χ1) is 7.18. The molecule has 0 unspecified atom stereocenters. The fourth-order valence-electron chi connectivity index (χ4n) is 0.953. The van der Waals surface area contributed by atoms with Crippen LogP contribution in [0.15, 0.2) is 29.2 Å². The van der Waals surface area contributed by atoms with Gasteiger partial charge in [-0.2, -0.15) is 24.9 Å². The van der Waals surface area contributed by atoms with E-state index in [4.69, 9.17) is 0 Å². The van der Waals surface area contributed by atoms with E-state index in [1.54, 1.807) is 0 Å². The van der Waals surface area contributed by atoms with Crippen molar-refractivity contribution in [3.8, 4) is 0 Å². The highest BCUT2D eigenvalue weighted by molar-refractivity contribution is 8.00. The maximum absolute atomic E-state index is 12.2. The molecule has 0 fully saturated rings. The fraction of sp³-hybridized carbons (Fsp3) is 0.250. The van der Waals surface area contributed by atoms with Crippen molar-refractivity contribution in [2.45, 2.75) is 11.1 Å². The van der Waals surface area contributed by atoms with Crippen LogP contribution in [0.5, 0.6) is 0 Å². The lowest BCUT2D eigenvalue weighted by molar-refractivity contribution is -0.137. The van der Waals surface area contributed by atoms with Gasteiger partial charge in [0.05, 0.1) is 5.56 Å². The number of rotatable bonds is 3. The van der Waals surface area contributed by atoms with Gasteiger partial charge in [0, 0.05) is 4.90 Å². The van der Waals surface area contributed by atoms with Crippen molar-refractivity contribution in [1.82, 2.24) is 0 Å². The van der Waals surface area contributed by atoms with Crippen LogP contribution in [0.25, 0.3) is 0 Å². The highest BCUT2D eigenvalue weighted by atomic mass is 32.2. The van der Waals surface area contributed by atoms with Gasteiger partial charge in [-0.25, -0.2) is 0 Å². The normalized spacial score (nSPS) is 12.9. The maximum atomic E-state index is 12.2. The van der Waals surface area contributed by atoms with Gasteiger partial charge in [-0.05, 0) is 23.9 Å². The zero-order valence-electron chi connectivity index (χ0n) is 7.77. The van der Waals surface area contributed by atoms with Gasteiger partial charge < -0.3 is 12.9 Å². The van der Waals surface area contributed by atoms with Crippen molar-refractivity contribution in [3.63, 3.8) is 0 Å². The average molecular weight is 259 g/mol. The molecule has 0 nitrogen and oxygen atoms in total. The lowest BCUT2D eigenvalue weighted by atomic mass is 9.98. The minimum absolute atomic E-state index is 0.0333. The van der Waals surface area contributed by atoms with Crippen LogP contribution in [-0.4, -0.2) is 12.6 Å². The van der Waals surface area contributed by atoms with E-state index in [-0.39, 0.29) is 4.90 Å². The molecule has 0 spiro atoms. The first-order valence-electron chi connectivity index (χ1n) is 4.19. The second kappa shape index (κ2) is 4.61. The molecule has 1 rings (SSSR count). The smallest absolute Gasteiger partial charge is 0.448 e. The summed E-state index contributed by atoms with van der Waals surface area (Å²) in [6.45, 7) is -4.99. The SMILES string of the molecule is F[B-](F)(F)CSc1cccc(C(F)(F)F)c1. The van der Waals surface area contributed by atoms with Crippen LogP contribution >= 0.6 is 11.8 Å². The summed E-state index contributed by atoms with van der Waals surface area (Å²) in [5.41, 5.74) is -2.08. The van der Waals surface area contributed by atoms with Crippen LogP contribution in [0.1, 0.15) is 5.56 Å². The minimum Gasteiger partial charge on any atom is -0.448 e. The molecule has 0 saturated carbocycles. The predicted molar refractivity (Wildman–Crippen MR) is 51.2 cm³/mol. The van der Waals surface area contributed by atoms with Gasteiger partial charge in [-0.15, -0.1) is 0 Å². The number of alkyl halides is 3. The Labute approximate surface area is 92.1 Å². The van der Waals surface area contributed by atoms with Crippen LogP contribution in [0.4, 0.5) is 26.1 Å². The Morgan fingerprint density at radius 3 is 2.25 bits per heavy atom. The summed E-state index contributed by atoms with van der Waals surface area (Å²) >= 11 is 0.360. The van der Waals surface area contributed by atoms with Gasteiger partial charge >= 0.3 is 13.2 Å². The molecule has 0 aromatic heterocycles. The Morgan fingerprint density at radius 1 is 1.12 bits per heavy atom. The van der Waals surface area contributed by atoms with Crippen molar-refractivity contribution in [3.05, 3.63) is 29.8 Å². The van der Waals surface area contributed by atoms with E-state index >= 15 is 0 Å². The maximum Gasteiger partial charge on any atom is 0.488 e. The van der Waals surface area contributed by atoms with Crippen molar-refractivity contribution < 1.29 is 26.1 Å². The molecule has 16 heavy (non-hydrogen) atoms. The molecule has 90 valence electrons. The van der Waals surface area contributed by atoms with Crippen LogP contribution in [0.3, 0.4) is 0 Å². The third-order valence-electron chi connectivity index (χ3n) is 1.60. The number of benzene rings is 1. The Hall–Kier alpha value is -0.785. The monoisotopic (exact) mass is 259 g/mol. The fourth-order valence-corrected chi connectivity index (χ4v) is 1.72. The van der Waals surface area contributed by atoms with E-state index in [0.717, 1.165) is 12.1 Å². The standard InChI is InChI=1S/C8H6BF6S/c10-8(11,12)6-2-1-3-7(4-6)16-5-9(13,14)15/h1-4H,5H2/q-1.